The third-order valence-electron chi connectivity index (χ3n) is 3.09. The van der Waals surface area contributed by atoms with E-state index in [1.165, 1.54) is 6.20 Å². The molecule has 0 saturated heterocycles. The summed E-state index contributed by atoms with van der Waals surface area (Å²) >= 11 is 0. The number of hydrogen-bond donors (Lipinski definition) is 1. The van der Waals surface area contributed by atoms with Crippen molar-refractivity contribution in [3.63, 3.8) is 0 Å². The second-order valence-electron chi connectivity index (χ2n) is 4.52. The Morgan fingerprint density at radius 3 is 2.47 bits per heavy atom. The normalized spacial score (nSPS) is 10.3. The first-order chi connectivity index (χ1) is 9.00. The van der Waals surface area contributed by atoms with Crippen LogP contribution in [0.1, 0.15) is 21.5 Å². The highest BCUT2D eigenvalue weighted by Gasteiger charge is 2.12. The zero-order chi connectivity index (χ0) is 14.0. The van der Waals surface area contributed by atoms with E-state index in [2.05, 4.69) is 4.98 Å². The number of hydrogen-bond acceptors (Lipinski definition) is 3. The number of aromatic nitrogens is 1. The van der Waals surface area contributed by atoms with E-state index in [-0.39, 0.29) is 5.56 Å². The Morgan fingerprint density at radius 1 is 1.21 bits per heavy atom. The van der Waals surface area contributed by atoms with Gasteiger partial charge in [0.05, 0.1) is 5.56 Å². The Morgan fingerprint density at radius 2 is 1.89 bits per heavy atom. The predicted molar refractivity (Wildman–Crippen MR) is 75.2 cm³/mol. The molecular formula is C15H16N2O2. The Labute approximate surface area is 112 Å². The van der Waals surface area contributed by atoms with Crippen LogP contribution in [0.2, 0.25) is 0 Å². The lowest BCUT2D eigenvalue weighted by molar-refractivity contribution is 0.0696. The summed E-state index contributed by atoms with van der Waals surface area (Å²) in [5, 5.41) is 8.95. The summed E-state index contributed by atoms with van der Waals surface area (Å²) in [4.78, 5) is 17.1. The van der Waals surface area contributed by atoms with Crippen LogP contribution in [0.3, 0.4) is 0 Å². The van der Waals surface area contributed by atoms with E-state index in [0.29, 0.717) is 0 Å². The van der Waals surface area contributed by atoms with Crippen molar-refractivity contribution in [2.24, 2.45) is 0 Å². The Balaban J connectivity index is 2.42. The molecular weight excluding hydrogens is 240 g/mol. The Bertz CT molecular complexity index is 623. The van der Waals surface area contributed by atoms with Gasteiger partial charge >= 0.3 is 5.97 Å². The summed E-state index contributed by atoms with van der Waals surface area (Å²) in [5.74, 6) is -0.194. The third kappa shape index (κ3) is 2.57. The minimum absolute atomic E-state index is 0.208. The van der Waals surface area contributed by atoms with Crippen LogP contribution in [0, 0.1) is 13.8 Å². The molecule has 98 valence electrons. The highest BCUT2D eigenvalue weighted by Crippen LogP contribution is 2.27. The van der Waals surface area contributed by atoms with Crippen LogP contribution in [0.5, 0.6) is 0 Å². The van der Waals surface area contributed by atoms with Gasteiger partial charge in [0.15, 0.2) is 0 Å². The van der Waals surface area contributed by atoms with Crippen LogP contribution in [-0.2, 0) is 0 Å². The zero-order valence-corrected chi connectivity index (χ0v) is 11.2. The molecule has 0 aliphatic carbocycles. The average Bonchev–Trinajstić information content (AvgIpc) is 2.38. The van der Waals surface area contributed by atoms with E-state index in [9.17, 15) is 4.79 Å². The molecule has 0 saturated carbocycles. The van der Waals surface area contributed by atoms with E-state index in [4.69, 9.17) is 5.11 Å². The molecule has 4 heteroatoms. The van der Waals surface area contributed by atoms with Gasteiger partial charge in [0, 0.05) is 18.9 Å². The summed E-state index contributed by atoms with van der Waals surface area (Å²) in [7, 11) is 1.93. The van der Waals surface area contributed by atoms with E-state index in [1.807, 2.05) is 50.1 Å². The third-order valence-corrected chi connectivity index (χ3v) is 3.09. The number of pyridine rings is 1. The number of benzene rings is 1. The summed E-state index contributed by atoms with van der Waals surface area (Å²) in [6.07, 6.45) is 1.39. The predicted octanol–water partition coefficient (Wildman–Crippen LogP) is 3.16. The molecule has 0 amide bonds. The summed E-state index contributed by atoms with van der Waals surface area (Å²) in [6, 6.07) is 9.65. The van der Waals surface area contributed by atoms with Gasteiger partial charge in [0.2, 0.25) is 0 Å². The summed E-state index contributed by atoms with van der Waals surface area (Å²) in [6.45, 7) is 3.90. The van der Waals surface area contributed by atoms with Crippen molar-refractivity contribution in [2.75, 3.05) is 11.9 Å². The van der Waals surface area contributed by atoms with Crippen LogP contribution >= 0.6 is 0 Å². The Hall–Kier alpha value is -2.36. The molecule has 0 aliphatic rings. The lowest BCUT2D eigenvalue weighted by Gasteiger charge is -2.22. The number of carboxylic acids is 1. The summed E-state index contributed by atoms with van der Waals surface area (Å²) in [5.41, 5.74) is 3.25. The van der Waals surface area contributed by atoms with Gasteiger partial charge in [-0.05, 0) is 37.1 Å². The SMILES string of the molecule is Cc1ccccc1N(C)c1ncc(C(=O)O)cc1C. The highest BCUT2D eigenvalue weighted by molar-refractivity contribution is 5.88. The van der Waals surface area contributed by atoms with Crippen LogP contribution in [0.4, 0.5) is 11.5 Å². The van der Waals surface area contributed by atoms with E-state index < -0.39 is 5.97 Å². The monoisotopic (exact) mass is 256 g/mol. The maximum Gasteiger partial charge on any atom is 0.337 e. The topological polar surface area (TPSA) is 53.4 Å². The molecule has 2 aromatic rings. The zero-order valence-electron chi connectivity index (χ0n) is 11.2. The number of aryl methyl sites for hydroxylation is 2. The van der Waals surface area contributed by atoms with Gasteiger partial charge in [-0.3, -0.25) is 0 Å². The number of carbonyl (C=O) groups is 1. The van der Waals surface area contributed by atoms with Crippen molar-refractivity contribution in [3.05, 3.63) is 53.2 Å². The standard InChI is InChI=1S/C15H16N2O2/c1-10-6-4-5-7-13(10)17(3)14-11(2)8-12(9-16-14)15(18)19/h4-9H,1-3H3,(H,18,19). The van der Waals surface area contributed by atoms with Crippen molar-refractivity contribution in [2.45, 2.75) is 13.8 Å². The fraction of sp³-hybridized carbons (Fsp3) is 0.200. The minimum atomic E-state index is -0.958. The first-order valence-corrected chi connectivity index (χ1v) is 6.00. The van der Waals surface area contributed by atoms with Gasteiger partial charge in [-0.1, -0.05) is 18.2 Å². The fourth-order valence-corrected chi connectivity index (χ4v) is 2.09. The molecule has 0 fully saturated rings. The van der Waals surface area contributed by atoms with E-state index in [0.717, 1.165) is 22.6 Å². The number of rotatable bonds is 3. The van der Waals surface area contributed by atoms with E-state index >= 15 is 0 Å². The van der Waals surface area contributed by atoms with Crippen molar-refractivity contribution in [1.82, 2.24) is 4.98 Å². The van der Waals surface area contributed by atoms with E-state index in [1.54, 1.807) is 6.07 Å². The second-order valence-corrected chi connectivity index (χ2v) is 4.52. The number of para-hydroxylation sites is 1. The molecule has 0 bridgehead atoms. The van der Waals surface area contributed by atoms with Crippen molar-refractivity contribution in [1.29, 1.82) is 0 Å². The van der Waals surface area contributed by atoms with Crippen LogP contribution in [0.15, 0.2) is 36.5 Å². The van der Waals surface area contributed by atoms with Gasteiger partial charge in [-0.2, -0.15) is 0 Å². The van der Waals surface area contributed by atoms with Gasteiger partial charge < -0.3 is 10.0 Å². The molecule has 0 radical (unpaired) electrons. The van der Waals surface area contributed by atoms with Gasteiger partial charge in [-0.15, -0.1) is 0 Å². The quantitative estimate of drug-likeness (QED) is 0.916. The molecule has 1 aromatic carbocycles. The molecule has 0 atom stereocenters. The molecule has 1 N–H and O–H groups in total. The summed E-state index contributed by atoms with van der Waals surface area (Å²) < 4.78 is 0. The first-order valence-electron chi connectivity index (χ1n) is 6.00. The maximum absolute atomic E-state index is 10.9. The van der Waals surface area contributed by atoms with Crippen molar-refractivity contribution < 1.29 is 9.90 Å². The Kier molecular flexibility index (Phi) is 3.51. The smallest absolute Gasteiger partial charge is 0.337 e. The number of anilines is 2. The molecule has 19 heavy (non-hydrogen) atoms. The number of nitrogens with zero attached hydrogens (tertiary/aromatic N) is 2. The lowest BCUT2D eigenvalue weighted by Crippen LogP contribution is -2.14. The van der Waals surface area contributed by atoms with Crippen LogP contribution in [0.25, 0.3) is 0 Å². The lowest BCUT2D eigenvalue weighted by atomic mass is 10.1. The highest BCUT2D eigenvalue weighted by atomic mass is 16.4. The molecule has 0 aliphatic heterocycles. The molecule has 4 nitrogen and oxygen atoms in total. The first kappa shape index (κ1) is 13.1. The van der Waals surface area contributed by atoms with Crippen LogP contribution < -0.4 is 4.90 Å². The minimum Gasteiger partial charge on any atom is -0.478 e. The number of aromatic carboxylic acids is 1. The molecule has 1 heterocycles. The maximum atomic E-state index is 10.9. The average molecular weight is 256 g/mol. The number of carboxylic acid groups (broad SMARTS) is 1. The van der Waals surface area contributed by atoms with Gasteiger partial charge in [-0.25, -0.2) is 9.78 Å². The van der Waals surface area contributed by atoms with Crippen molar-refractivity contribution in [3.8, 4) is 0 Å². The van der Waals surface area contributed by atoms with Crippen molar-refractivity contribution >= 4 is 17.5 Å². The fourth-order valence-electron chi connectivity index (χ4n) is 2.09. The largest absolute Gasteiger partial charge is 0.478 e. The van der Waals surface area contributed by atoms with Crippen LogP contribution in [-0.4, -0.2) is 23.1 Å². The molecule has 1 aromatic heterocycles. The molecule has 2 rings (SSSR count). The molecule has 0 spiro atoms. The van der Waals surface area contributed by atoms with Gasteiger partial charge in [0.25, 0.3) is 0 Å². The van der Waals surface area contributed by atoms with Gasteiger partial charge in [0.1, 0.15) is 5.82 Å². The molecule has 0 unspecified atom stereocenters. The second kappa shape index (κ2) is 5.10.